The van der Waals surface area contributed by atoms with Crippen LogP contribution >= 0.6 is 0 Å². The SMILES string of the molecule is C=CC(O)c1cc(C)ccc1C=CC=CC=CC(C)=CCc1oc(=O)c(C)c(OC)c1C. The van der Waals surface area contributed by atoms with Gasteiger partial charge in [0, 0.05) is 12.0 Å². The van der Waals surface area contributed by atoms with Gasteiger partial charge in [-0.1, -0.05) is 77.9 Å². The van der Waals surface area contributed by atoms with Crippen molar-refractivity contribution < 1.29 is 14.3 Å². The van der Waals surface area contributed by atoms with Crippen molar-refractivity contribution in [3.8, 4) is 5.75 Å². The number of benzene rings is 1. The second kappa shape index (κ2) is 11.9. The van der Waals surface area contributed by atoms with Crippen molar-refractivity contribution in [3.63, 3.8) is 0 Å². The minimum atomic E-state index is -0.687. The zero-order valence-corrected chi connectivity index (χ0v) is 19.5. The number of methoxy groups -OCH3 is 1. The van der Waals surface area contributed by atoms with Gasteiger partial charge in [0.1, 0.15) is 11.5 Å². The van der Waals surface area contributed by atoms with Crippen molar-refractivity contribution in [2.24, 2.45) is 0 Å². The Morgan fingerprint density at radius 1 is 1.16 bits per heavy atom. The second-order valence-corrected chi connectivity index (χ2v) is 7.66. The molecule has 0 radical (unpaired) electrons. The topological polar surface area (TPSA) is 59.7 Å². The van der Waals surface area contributed by atoms with Gasteiger partial charge in [-0.25, -0.2) is 4.79 Å². The molecule has 0 bridgehead atoms. The third-order valence-corrected chi connectivity index (χ3v) is 5.19. The summed E-state index contributed by atoms with van der Waals surface area (Å²) in [7, 11) is 1.56. The lowest BCUT2D eigenvalue weighted by atomic mass is 9.99. The van der Waals surface area contributed by atoms with Crippen molar-refractivity contribution in [2.75, 3.05) is 7.11 Å². The zero-order valence-electron chi connectivity index (χ0n) is 19.5. The first kappa shape index (κ1) is 24.9. The zero-order chi connectivity index (χ0) is 23.7. The number of aliphatic hydroxyl groups excluding tert-OH is 1. The van der Waals surface area contributed by atoms with Crippen LogP contribution in [0.4, 0.5) is 0 Å². The standard InChI is InChI=1S/C28H32O4/c1-7-25(29)24-18-20(3)14-16-23(24)13-11-9-8-10-12-19(2)15-17-26-21(4)27(31-6)22(5)28(30)32-26/h7-16,18,25,29H,1,17H2,2-6H3. The van der Waals surface area contributed by atoms with E-state index in [0.29, 0.717) is 23.5 Å². The maximum atomic E-state index is 12.0. The molecular formula is C28H32O4. The molecule has 0 amide bonds. The third kappa shape index (κ3) is 6.56. The van der Waals surface area contributed by atoms with Gasteiger partial charge in [0.25, 0.3) is 0 Å². The molecule has 4 heteroatoms. The number of ether oxygens (including phenoxy) is 1. The van der Waals surface area contributed by atoms with Crippen molar-refractivity contribution >= 4 is 6.08 Å². The van der Waals surface area contributed by atoms with Gasteiger partial charge >= 0.3 is 5.63 Å². The quantitative estimate of drug-likeness (QED) is 0.384. The smallest absolute Gasteiger partial charge is 0.342 e. The van der Waals surface area contributed by atoms with Crippen molar-refractivity contribution in [1.82, 2.24) is 0 Å². The first-order valence-corrected chi connectivity index (χ1v) is 10.5. The van der Waals surface area contributed by atoms with E-state index in [1.807, 2.05) is 81.5 Å². The Bertz CT molecular complexity index is 1130. The fraction of sp³-hybridized carbons (Fsp3) is 0.250. The van der Waals surface area contributed by atoms with E-state index in [2.05, 4.69) is 6.58 Å². The average Bonchev–Trinajstić information content (AvgIpc) is 2.78. The molecule has 1 aromatic heterocycles. The van der Waals surface area contributed by atoms with Gasteiger partial charge in [-0.2, -0.15) is 0 Å². The Morgan fingerprint density at radius 2 is 1.88 bits per heavy atom. The Balaban J connectivity index is 2.03. The van der Waals surface area contributed by atoms with Crippen LogP contribution in [0, 0.1) is 20.8 Å². The Kier molecular flexibility index (Phi) is 9.23. The van der Waals surface area contributed by atoms with E-state index in [-0.39, 0.29) is 5.63 Å². The first-order chi connectivity index (χ1) is 15.3. The molecule has 0 fully saturated rings. The summed E-state index contributed by atoms with van der Waals surface area (Å²) in [5, 5.41) is 10.1. The van der Waals surface area contributed by atoms with E-state index >= 15 is 0 Å². The van der Waals surface area contributed by atoms with Crippen LogP contribution in [0.2, 0.25) is 0 Å². The van der Waals surface area contributed by atoms with Crippen LogP contribution in [0.15, 0.2) is 82.1 Å². The maximum Gasteiger partial charge on any atom is 0.342 e. The van der Waals surface area contributed by atoms with Crippen molar-refractivity contribution in [1.29, 1.82) is 0 Å². The normalized spacial score (nSPS) is 13.4. The minimum absolute atomic E-state index is 0.365. The number of hydrogen-bond acceptors (Lipinski definition) is 4. The summed E-state index contributed by atoms with van der Waals surface area (Å²) < 4.78 is 10.8. The van der Waals surface area contributed by atoms with Crippen LogP contribution in [0.5, 0.6) is 5.75 Å². The molecule has 4 nitrogen and oxygen atoms in total. The summed E-state index contributed by atoms with van der Waals surface area (Å²) in [6.45, 7) is 11.3. The molecule has 1 unspecified atom stereocenters. The van der Waals surface area contributed by atoms with Gasteiger partial charge < -0.3 is 14.3 Å². The largest absolute Gasteiger partial charge is 0.496 e. The second-order valence-electron chi connectivity index (χ2n) is 7.66. The summed E-state index contributed by atoms with van der Waals surface area (Å²) >= 11 is 0. The van der Waals surface area contributed by atoms with Gasteiger partial charge in [-0.05, 0) is 38.8 Å². The maximum absolute atomic E-state index is 12.0. The molecule has 0 spiro atoms. The molecule has 1 atom stereocenters. The highest BCUT2D eigenvalue weighted by Gasteiger charge is 2.13. The first-order valence-electron chi connectivity index (χ1n) is 10.5. The number of allylic oxidation sites excluding steroid dienone is 7. The predicted octanol–water partition coefficient (Wildman–Crippen LogP) is 6.11. The number of hydrogen-bond donors (Lipinski definition) is 1. The van der Waals surface area contributed by atoms with Gasteiger partial charge in [0.15, 0.2) is 0 Å². The number of rotatable bonds is 9. The fourth-order valence-electron chi connectivity index (χ4n) is 3.31. The van der Waals surface area contributed by atoms with Crippen LogP contribution in [-0.2, 0) is 6.42 Å². The van der Waals surface area contributed by atoms with E-state index in [9.17, 15) is 9.90 Å². The lowest BCUT2D eigenvalue weighted by molar-refractivity contribution is 0.229. The lowest BCUT2D eigenvalue weighted by Crippen LogP contribution is -2.10. The van der Waals surface area contributed by atoms with Crippen LogP contribution in [0.3, 0.4) is 0 Å². The molecule has 0 saturated heterocycles. The van der Waals surface area contributed by atoms with E-state index in [1.165, 1.54) is 6.08 Å². The van der Waals surface area contributed by atoms with E-state index in [0.717, 1.165) is 27.8 Å². The molecule has 0 aliphatic rings. The summed E-state index contributed by atoms with van der Waals surface area (Å²) in [6, 6.07) is 5.98. The molecule has 0 saturated carbocycles. The summed E-state index contributed by atoms with van der Waals surface area (Å²) in [4.78, 5) is 12.0. The van der Waals surface area contributed by atoms with Gasteiger partial charge in [-0.15, -0.1) is 6.58 Å². The molecule has 1 N–H and O–H groups in total. The van der Waals surface area contributed by atoms with Crippen molar-refractivity contribution in [3.05, 3.63) is 117 Å². The molecule has 1 heterocycles. The highest BCUT2D eigenvalue weighted by atomic mass is 16.5. The van der Waals surface area contributed by atoms with Crippen LogP contribution in [0.1, 0.15) is 46.6 Å². The molecule has 0 aliphatic carbocycles. The monoisotopic (exact) mass is 432 g/mol. The summed E-state index contributed by atoms with van der Waals surface area (Å²) in [6.07, 6.45) is 15.1. The molecule has 2 rings (SSSR count). The minimum Gasteiger partial charge on any atom is -0.496 e. The number of aliphatic hydroxyl groups is 1. The van der Waals surface area contributed by atoms with Gasteiger partial charge in [-0.3, -0.25) is 0 Å². The average molecular weight is 433 g/mol. The molecule has 1 aromatic carbocycles. The van der Waals surface area contributed by atoms with E-state index in [1.54, 1.807) is 14.0 Å². The van der Waals surface area contributed by atoms with Gasteiger partial charge in [0.2, 0.25) is 0 Å². The third-order valence-electron chi connectivity index (χ3n) is 5.19. The molecule has 0 aliphatic heterocycles. The lowest BCUT2D eigenvalue weighted by Gasteiger charge is -2.10. The van der Waals surface area contributed by atoms with Crippen LogP contribution < -0.4 is 10.4 Å². The van der Waals surface area contributed by atoms with Crippen LogP contribution in [-0.4, -0.2) is 12.2 Å². The van der Waals surface area contributed by atoms with Crippen molar-refractivity contribution in [2.45, 2.75) is 40.2 Å². The Labute approximate surface area is 190 Å². The summed E-state index contributed by atoms with van der Waals surface area (Å²) in [5.74, 6) is 1.20. The fourth-order valence-corrected chi connectivity index (χ4v) is 3.31. The van der Waals surface area contributed by atoms with Gasteiger partial charge in [0.05, 0.1) is 18.8 Å². The Hall–Kier alpha value is -3.37. The van der Waals surface area contributed by atoms with Crippen LogP contribution in [0.25, 0.3) is 6.08 Å². The van der Waals surface area contributed by atoms with E-state index < -0.39 is 6.10 Å². The highest BCUT2D eigenvalue weighted by Crippen LogP contribution is 2.24. The molecule has 32 heavy (non-hydrogen) atoms. The molecule has 2 aromatic rings. The number of aryl methyl sites for hydroxylation is 1. The van der Waals surface area contributed by atoms with E-state index in [4.69, 9.17) is 9.15 Å². The molecular weight excluding hydrogens is 400 g/mol. The highest BCUT2D eigenvalue weighted by molar-refractivity contribution is 5.57. The predicted molar refractivity (Wildman–Crippen MR) is 132 cm³/mol. The summed E-state index contributed by atoms with van der Waals surface area (Å²) in [5.41, 5.74) is 4.92. The molecule has 168 valence electrons. The Morgan fingerprint density at radius 3 is 2.56 bits per heavy atom.